The topological polar surface area (TPSA) is 102 Å². The maximum atomic E-state index is 12.2. The number of nitrogens with zero attached hydrogens (tertiary/aromatic N) is 1. The van der Waals surface area contributed by atoms with Crippen LogP contribution in [-0.2, 0) is 19.1 Å². The van der Waals surface area contributed by atoms with Crippen LogP contribution in [0.2, 0.25) is 0 Å². The van der Waals surface area contributed by atoms with Gasteiger partial charge in [0, 0.05) is 21.1 Å². The molecule has 0 bridgehead atoms. The summed E-state index contributed by atoms with van der Waals surface area (Å²) in [7, 11) is 3.14. The maximum absolute atomic E-state index is 12.2. The van der Waals surface area contributed by atoms with E-state index in [0.717, 1.165) is 6.42 Å². The highest BCUT2D eigenvalue weighted by Gasteiger charge is 2.33. The summed E-state index contributed by atoms with van der Waals surface area (Å²) in [5, 5.41) is 2.47. The van der Waals surface area contributed by atoms with Crippen LogP contribution in [0.25, 0.3) is 0 Å². The molecule has 0 rings (SSSR count). The summed E-state index contributed by atoms with van der Waals surface area (Å²) in [5.74, 6) is -0.849. The molecule has 0 saturated heterocycles. The SMILES string of the molecule is CCC.CCC(C)C(C(CC(N)=O)OC)N(C)C(=O)CNC(C)=O. The molecule has 7 nitrogen and oxygen atoms in total. The lowest BCUT2D eigenvalue weighted by Gasteiger charge is -2.37. The summed E-state index contributed by atoms with van der Waals surface area (Å²) in [4.78, 5) is 35.8. The van der Waals surface area contributed by atoms with Crippen molar-refractivity contribution in [2.45, 2.75) is 66.0 Å². The highest BCUT2D eigenvalue weighted by atomic mass is 16.5. The Hall–Kier alpha value is -1.63. The first-order valence-corrected chi connectivity index (χ1v) is 8.47. The number of nitrogens with one attached hydrogen (secondary N) is 1. The standard InChI is InChI=1S/C14H27N3O4.C3H8/c1-6-9(2)14(11(21-5)7-12(15)19)17(4)13(20)8-16-10(3)18;1-3-2/h9,11,14H,6-8H2,1-5H3,(H2,15,19)(H,16,18);3H2,1-2H3. The smallest absolute Gasteiger partial charge is 0.242 e. The fourth-order valence-electron chi connectivity index (χ4n) is 2.27. The number of hydrogen-bond acceptors (Lipinski definition) is 4. The third kappa shape index (κ3) is 10.2. The van der Waals surface area contributed by atoms with Crippen LogP contribution in [0, 0.1) is 5.92 Å². The van der Waals surface area contributed by atoms with Crippen molar-refractivity contribution in [1.82, 2.24) is 10.2 Å². The summed E-state index contributed by atoms with van der Waals surface area (Å²) < 4.78 is 5.36. The van der Waals surface area contributed by atoms with E-state index >= 15 is 0 Å². The predicted molar refractivity (Wildman–Crippen MR) is 95.3 cm³/mol. The van der Waals surface area contributed by atoms with Gasteiger partial charge in [0.1, 0.15) is 0 Å². The van der Waals surface area contributed by atoms with Crippen LogP contribution >= 0.6 is 0 Å². The molecule has 0 aromatic carbocycles. The number of amides is 3. The molecule has 0 spiro atoms. The van der Waals surface area contributed by atoms with Gasteiger partial charge in [-0.3, -0.25) is 14.4 Å². The molecular weight excluding hydrogens is 310 g/mol. The minimum absolute atomic E-state index is 0.0449. The number of nitrogens with two attached hydrogens (primary N) is 1. The van der Waals surface area contributed by atoms with Crippen LogP contribution in [0.5, 0.6) is 0 Å². The van der Waals surface area contributed by atoms with Crippen LogP contribution < -0.4 is 11.1 Å². The third-order valence-corrected chi connectivity index (χ3v) is 3.64. The van der Waals surface area contributed by atoms with Crippen molar-refractivity contribution >= 4 is 17.7 Å². The van der Waals surface area contributed by atoms with Gasteiger partial charge in [0.25, 0.3) is 0 Å². The van der Waals surface area contributed by atoms with E-state index in [9.17, 15) is 14.4 Å². The number of likely N-dealkylation sites (N-methyl/N-ethyl adjacent to an activating group) is 1. The van der Waals surface area contributed by atoms with Crippen LogP contribution in [0.1, 0.15) is 53.9 Å². The third-order valence-electron chi connectivity index (χ3n) is 3.64. The summed E-state index contributed by atoms with van der Waals surface area (Å²) in [6.45, 7) is 9.51. The number of rotatable bonds is 9. The minimum Gasteiger partial charge on any atom is -0.379 e. The second-order valence-corrected chi connectivity index (χ2v) is 5.94. The molecular formula is C17H35N3O4. The second kappa shape index (κ2) is 13.8. The first-order valence-electron chi connectivity index (χ1n) is 8.47. The molecule has 7 heteroatoms. The summed E-state index contributed by atoms with van der Waals surface area (Å²) >= 11 is 0. The van der Waals surface area contributed by atoms with Crippen molar-refractivity contribution in [1.29, 1.82) is 0 Å². The zero-order valence-electron chi connectivity index (χ0n) is 16.2. The molecule has 3 atom stereocenters. The Bertz CT molecular complexity index is 388. The lowest BCUT2D eigenvalue weighted by atomic mass is 9.91. The van der Waals surface area contributed by atoms with Crippen molar-refractivity contribution in [2.24, 2.45) is 11.7 Å². The molecule has 0 saturated carbocycles. The van der Waals surface area contributed by atoms with E-state index in [1.165, 1.54) is 25.4 Å². The van der Waals surface area contributed by atoms with Gasteiger partial charge in [-0.25, -0.2) is 0 Å². The van der Waals surface area contributed by atoms with E-state index in [0.29, 0.717) is 0 Å². The van der Waals surface area contributed by atoms with Crippen LogP contribution in [0.3, 0.4) is 0 Å². The molecule has 0 fully saturated rings. The number of methoxy groups -OCH3 is 1. The summed E-state index contributed by atoms with van der Waals surface area (Å²) in [5.41, 5.74) is 5.24. The van der Waals surface area contributed by atoms with Crippen molar-refractivity contribution < 1.29 is 19.1 Å². The Morgan fingerprint density at radius 1 is 1.21 bits per heavy atom. The van der Waals surface area contributed by atoms with Crippen molar-refractivity contribution in [3.05, 3.63) is 0 Å². The molecule has 24 heavy (non-hydrogen) atoms. The van der Waals surface area contributed by atoms with Gasteiger partial charge >= 0.3 is 0 Å². The highest BCUT2D eigenvalue weighted by Crippen LogP contribution is 2.21. The lowest BCUT2D eigenvalue weighted by Crippen LogP contribution is -2.52. The second-order valence-electron chi connectivity index (χ2n) is 5.94. The number of hydrogen-bond donors (Lipinski definition) is 2. The van der Waals surface area contributed by atoms with Crippen molar-refractivity contribution in [2.75, 3.05) is 20.7 Å². The van der Waals surface area contributed by atoms with E-state index in [1.54, 1.807) is 7.05 Å². The van der Waals surface area contributed by atoms with Crippen molar-refractivity contribution in [3.8, 4) is 0 Å². The van der Waals surface area contributed by atoms with Crippen LogP contribution in [-0.4, -0.2) is 55.5 Å². The molecule has 3 N–H and O–H groups in total. The molecule has 0 radical (unpaired) electrons. The largest absolute Gasteiger partial charge is 0.379 e. The highest BCUT2D eigenvalue weighted by molar-refractivity contribution is 5.83. The van der Waals surface area contributed by atoms with E-state index in [2.05, 4.69) is 19.2 Å². The number of primary amides is 1. The molecule has 0 aliphatic carbocycles. The molecule has 142 valence electrons. The van der Waals surface area contributed by atoms with Crippen LogP contribution in [0.15, 0.2) is 0 Å². The van der Waals surface area contributed by atoms with Crippen LogP contribution in [0.4, 0.5) is 0 Å². The fraction of sp³-hybridized carbons (Fsp3) is 0.824. The maximum Gasteiger partial charge on any atom is 0.242 e. The Morgan fingerprint density at radius 2 is 1.71 bits per heavy atom. The zero-order chi connectivity index (χ0) is 19.3. The van der Waals surface area contributed by atoms with Gasteiger partial charge in [0.15, 0.2) is 0 Å². The minimum atomic E-state index is -0.474. The average molecular weight is 345 g/mol. The first kappa shape index (κ1) is 24.6. The Kier molecular flexibility index (Phi) is 14.1. The van der Waals surface area contributed by atoms with Gasteiger partial charge in [0.2, 0.25) is 17.7 Å². The van der Waals surface area contributed by atoms with Gasteiger partial charge in [0.05, 0.1) is 25.1 Å². The van der Waals surface area contributed by atoms with Gasteiger partial charge in [-0.15, -0.1) is 0 Å². The summed E-state index contributed by atoms with van der Waals surface area (Å²) in [6.07, 6.45) is 1.65. The predicted octanol–water partition coefficient (Wildman–Crippen LogP) is 1.30. The first-order chi connectivity index (χ1) is 11.2. The van der Waals surface area contributed by atoms with E-state index in [1.807, 2.05) is 13.8 Å². The quantitative estimate of drug-likeness (QED) is 0.657. The van der Waals surface area contributed by atoms with E-state index in [4.69, 9.17) is 10.5 Å². The fourth-order valence-corrected chi connectivity index (χ4v) is 2.27. The molecule has 0 aliphatic heterocycles. The Labute approximate surface area is 146 Å². The van der Waals surface area contributed by atoms with Crippen molar-refractivity contribution in [3.63, 3.8) is 0 Å². The van der Waals surface area contributed by atoms with Gasteiger partial charge in [-0.05, 0) is 5.92 Å². The van der Waals surface area contributed by atoms with E-state index < -0.39 is 12.0 Å². The van der Waals surface area contributed by atoms with Gasteiger partial charge in [-0.2, -0.15) is 0 Å². The molecule has 0 aliphatic rings. The number of carbonyl (C=O) groups is 3. The molecule has 0 heterocycles. The lowest BCUT2D eigenvalue weighted by molar-refractivity contribution is -0.139. The van der Waals surface area contributed by atoms with E-state index in [-0.39, 0.29) is 36.7 Å². The Balaban J connectivity index is 0. The molecule has 3 unspecified atom stereocenters. The zero-order valence-corrected chi connectivity index (χ0v) is 16.2. The number of ether oxygens (including phenoxy) is 1. The average Bonchev–Trinajstić information content (AvgIpc) is 2.51. The van der Waals surface area contributed by atoms with Gasteiger partial charge in [-0.1, -0.05) is 40.5 Å². The number of carbonyl (C=O) groups excluding carboxylic acids is 3. The molecule has 3 amide bonds. The monoisotopic (exact) mass is 345 g/mol. The summed E-state index contributed by atoms with van der Waals surface area (Å²) in [6, 6.07) is -0.284. The normalized spacial score (nSPS) is 13.8. The van der Waals surface area contributed by atoms with Gasteiger partial charge < -0.3 is 20.7 Å². The molecule has 0 aromatic rings. The molecule has 0 aromatic heterocycles. The Morgan fingerprint density at radius 3 is 2.04 bits per heavy atom.